The summed E-state index contributed by atoms with van der Waals surface area (Å²) >= 11 is 0. The predicted molar refractivity (Wildman–Crippen MR) is 94.1 cm³/mol. The summed E-state index contributed by atoms with van der Waals surface area (Å²) in [5.41, 5.74) is 2.03. The first-order valence-electron chi connectivity index (χ1n) is 8.73. The normalized spacial score (nSPS) is 28.3. The first-order valence-corrected chi connectivity index (χ1v) is 8.73. The number of imide groups is 1. The highest BCUT2D eigenvalue weighted by Crippen LogP contribution is 2.57. The van der Waals surface area contributed by atoms with Gasteiger partial charge in [0.1, 0.15) is 5.78 Å². The topological polar surface area (TPSA) is 97.6 Å². The maximum atomic E-state index is 13.1. The van der Waals surface area contributed by atoms with Gasteiger partial charge in [-0.1, -0.05) is 24.3 Å². The predicted octanol–water partition coefficient (Wildman–Crippen LogP) is 2.55. The van der Waals surface area contributed by atoms with Crippen LogP contribution >= 0.6 is 0 Å². The fourth-order valence-corrected chi connectivity index (χ4v) is 4.94. The van der Waals surface area contributed by atoms with Gasteiger partial charge in [0.05, 0.1) is 28.4 Å². The number of carbonyl (C=O) groups is 3. The molecule has 4 aliphatic rings. The van der Waals surface area contributed by atoms with Crippen molar-refractivity contribution >= 4 is 29.0 Å². The van der Waals surface area contributed by atoms with Gasteiger partial charge in [-0.3, -0.25) is 24.5 Å². The number of Topliss-reactive ketones (excluding diaryl/α,β-unsaturated/α-hetero) is 1. The SMILES string of the molecule is O=C1C[C@@H]2c3ccccc3[C@@H]1[C@H]1C(=O)N(c3ccc([N+](=O)[O-])cc3)C(=O)[C@@H]12. The Morgan fingerprint density at radius 2 is 1.52 bits per heavy atom. The molecule has 0 unspecified atom stereocenters. The van der Waals surface area contributed by atoms with E-state index in [-0.39, 0.29) is 29.7 Å². The summed E-state index contributed by atoms with van der Waals surface area (Å²) in [5, 5.41) is 10.8. The summed E-state index contributed by atoms with van der Waals surface area (Å²) in [4.78, 5) is 50.3. The van der Waals surface area contributed by atoms with Crippen molar-refractivity contribution in [3.8, 4) is 0 Å². The van der Waals surface area contributed by atoms with Crippen LogP contribution in [0.5, 0.6) is 0 Å². The molecule has 0 aromatic heterocycles. The minimum absolute atomic E-state index is 0.00616. The summed E-state index contributed by atoms with van der Waals surface area (Å²) in [5.74, 6) is -2.82. The van der Waals surface area contributed by atoms with Crippen molar-refractivity contribution in [1.82, 2.24) is 0 Å². The van der Waals surface area contributed by atoms with Gasteiger partial charge in [-0.05, 0) is 23.3 Å². The van der Waals surface area contributed by atoms with Crippen LogP contribution in [0.4, 0.5) is 11.4 Å². The number of hydrogen-bond donors (Lipinski definition) is 0. The van der Waals surface area contributed by atoms with Crippen LogP contribution in [0, 0.1) is 22.0 Å². The quantitative estimate of drug-likeness (QED) is 0.465. The van der Waals surface area contributed by atoms with Crippen LogP contribution < -0.4 is 4.90 Å². The molecule has 2 fully saturated rings. The van der Waals surface area contributed by atoms with E-state index in [0.29, 0.717) is 5.69 Å². The average Bonchev–Trinajstić information content (AvgIpc) is 2.94. The number of anilines is 1. The number of ketones is 1. The molecule has 3 aliphatic carbocycles. The van der Waals surface area contributed by atoms with E-state index in [9.17, 15) is 24.5 Å². The molecule has 2 amide bonds. The molecular weight excluding hydrogens is 348 g/mol. The third kappa shape index (κ3) is 1.99. The van der Waals surface area contributed by atoms with E-state index in [1.165, 1.54) is 24.3 Å². The number of rotatable bonds is 2. The minimum Gasteiger partial charge on any atom is -0.299 e. The van der Waals surface area contributed by atoms with Gasteiger partial charge in [0.2, 0.25) is 11.8 Å². The van der Waals surface area contributed by atoms with Gasteiger partial charge in [-0.2, -0.15) is 0 Å². The zero-order valence-electron chi connectivity index (χ0n) is 14.1. The molecule has 1 saturated heterocycles. The molecule has 7 heteroatoms. The summed E-state index contributed by atoms with van der Waals surface area (Å²) in [6.07, 6.45) is 0.274. The van der Waals surface area contributed by atoms with Crippen LogP contribution in [0.2, 0.25) is 0 Å². The second kappa shape index (κ2) is 5.33. The number of carbonyl (C=O) groups excluding carboxylic acids is 3. The molecule has 2 aromatic carbocycles. The summed E-state index contributed by atoms with van der Waals surface area (Å²) in [6.45, 7) is 0. The van der Waals surface area contributed by atoms with Crippen LogP contribution in [-0.4, -0.2) is 22.5 Å². The van der Waals surface area contributed by atoms with Crippen molar-refractivity contribution in [2.24, 2.45) is 11.8 Å². The molecule has 0 spiro atoms. The third-order valence-electron chi connectivity index (χ3n) is 6.01. The first-order chi connectivity index (χ1) is 13.0. The van der Waals surface area contributed by atoms with Crippen LogP contribution in [0.1, 0.15) is 29.4 Å². The van der Waals surface area contributed by atoms with Crippen molar-refractivity contribution in [2.75, 3.05) is 4.90 Å². The van der Waals surface area contributed by atoms with E-state index in [2.05, 4.69) is 0 Å². The number of nitrogens with zero attached hydrogens (tertiary/aromatic N) is 2. The Hall–Kier alpha value is -3.35. The van der Waals surface area contributed by atoms with Gasteiger partial charge < -0.3 is 0 Å². The number of hydrogen-bond acceptors (Lipinski definition) is 5. The van der Waals surface area contributed by atoms with Crippen molar-refractivity contribution in [3.05, 3.63) is 69.8 Å². The Labute approximate surface area is 153 Å². The Morgan fingerprint density at radius 1 is 0.889 bits per heavy atom. The van der Waals surface area contributed by atoms with Gasteiger partial charge in [-0.25, -0.2) is 4.90 Å². The van der Waals surface area contributed by atoms with Crippen molar-refractivity contribution in [3.63, 3.8) is 0 Å². The Bertz CT molecular complexity index is 1030. The number of fused-ring (bicyclic) bond motifs is 1. The number of amides is 2. The fraction of sp³-hybridized carbons (Fsp3) is 0.250. The van der Waals surface area contributed by atoms with E-state index in [0.717, 1.165) is 16.0 Å². The van der Waals surface area contributed by atoms with Gasteiger partial charge in [0.25, 0.3) is 5.69 Å². The molecule has 134 valence electrons. The summed E-state index contributed by atoms with van der Waals surface area (Å²) in [6, 6.07) is 12.9. The van der Waals surface area contributed by atoms with Crippen molar-refractivity contribution in [2.45, 2.75) is 18.3 Å². The summed E-state index contributed by atoms with van der Waals surface area (Å²) < 4.78 is 0. The second-order valence-corrected chi connectivity index (χ2v) is 7.22. The van der Waals surface area contributed by atoms with Gasteiger partial charge >= 0.3 is 0 Å². The lowest BCUT2D eigenvalue weighted by Gasteiger charge is -2.43. The molecule has 7 nitrogen and oxygen atoms in total. The zero-order valence-corrected chi connectivity index (χ0v) is 14.1. The highest BCUT2D eigenvalue weighted by molar-refractivity contribution is 6.24. The van der Waals surface area contributed by atoms with Crippen LogP contribution in [0.3, 0.4) is 0 Å². The lowest BCUT2D eigenvalue weighted by molar-refractivity contribution is -0.384. The van der Waals surface area contributed by atoms with Crippen LogP contribution in [0.15, 0.2) is 48.5 Å². The molecule has 6 rings (SSSR count). The molecule has 4 atom stereocenters. The van der Waals surface area contributed by atoms with Gasteiger partial charge in [-0.15, -0.1) is 0 Å². The fourth-order valence-electron chi connectivity index (χ4n) is 4.94. The van der Waals surface area contributed by atoms with E-state index in [1.807, 2.05) is 24.3 Å². The van der Waals surface area contributed by atoms with E-state index < -0.39 is 28.6 Å². The number of nitro groups is 1. The van der Waals surface area contributed by atoms with Gasteiger partial charge in [0, 0.05) is 24.5 Å². The third-order valence-corrected chi connectivity index (χ3v) is 6.01. The van der Waals surface area contributed by atoms with Gasteiger partial charge in [0.15, 0.2) is 0 Å². The average molecular weight is 362 g/mol. The maximum absolute atomic E-state index is 13.1. The molecule has 1 aliphatic heterocycles. The number of nitro benzene ring substituents is 1. The van der Waals surface area contributed by atoms with Crippen LogP contribution in [0.25, 0.3) is 0 Å². The lowest BCUT2D eigenvalue weighted by Crippen LogP contribution is -2.44. The monoisotopic (exact) mass is 362 g/mol. The van der Waals surface area contributed by atoms with Crippen molar-refractivity contribution in [1.29, 1.82) is 0 Å². The van der Waals surface area contributed by atoms with E-state index in [1.54, 1.807) is 0 Å². The maximum Gasteiger partial charge on any atom is 0.269 e. The standard InChI is InChI=1S/C20H14N2O5/c23-15-9-14-12-3-1-2-4-13(12)16(15)18-17(14)19(24)21(20(18)25)10-5-7-11(8-6-10)22(26)27/h1-8,14,16-18H,9H2/t14-,16+,17-,18-/m1/s1. The van der Waals surface area contributed by atoms with Crippen LogP contribution in [-0.2, 0) is 14.4 Å². The number of benzene rings is 2. The minimum atomic E-state index is -0.686. The van der Waals surface area contributed by atoms with E-state index >= 15 is 0 Å². The molecule has 0 N–H and O–H groups in total. The summed E-state index contributed by atoms with van der Waals surface area (Å²) in [7, 11) is 0. The molecule has 2 aromatic rings. The smallest absolute Gasteiger partial charge is 0.269 e. The molecule has 2 bridgehead atoms. The Morgan fingerprint density at radius 3 is 2.19 bits per heavy atom. The molecule has 1 heterocycles. The van der Waals surface area contributed by atoms with E-state index in [4.69, 9.17) is 0 Å². The zero-order chi connectivity index (χ0) is 18.9. The van der Waals surface area contributed by atoms with Crippen molar-refractivity contribution < 1.29 is 19.3 Å². The number of non-ortho nitro benzene ring substituents is 1. The Balaban J connectivity index is 1.59. The second-order valence-electron chi connectivity index (χ2n) is 7.22. The molecule has 27 heavy (non-hydrogen) atoms. The first kappa shape index (κ1) is 15.9. The highest BCUT2D eigenvalue weighted by atomic mass is 16.6. The highest BCUT2D eigenvalue weighted by Gasteiger charge is 2.62. The molecule has 0 radical (unpaired) electrons. The Kier molecular flexibility index (Phi) is 3.13. The molecular formula is C20H14N2O5. The largest absolute Gasteiger partial charge is 0.299 e. The molecule has 1 saturated carbocycles. The lowest BCUT2D eigenvalue weighted by atomic mass is 9.56.